The van der Waals surface area contributed by atoms with Crippen LogP contribution in [0.4, 0.5) is 0 Å². The molecule has 1 aromatic rings. The summed E-state index contributed by atoms with van der Waals surface area (Å²) in [5.41, 5.74) is 0.938. The number of nitrogens with zero attached hydrogens (tertiary/aromatic N) is 1. The van der Waals surface area contributed by atoms with Crippen LogP contribution in [0.25, 0.3) is 0 Å². The number of unbranched alkanes of at least 4 members (excludes halogenated alkanes) is 2. The van der Waals surface area contributed by atoms with Gasteiger partial charge in [0.2, 0.25) is 5.91 Å². The topological polar surface area (TPSA) is 72.9 Å². The first-order valence-corrected chi connectivity index (χ1v) is 11.1. The SMILES string of the molecule is CCCCCC(=O)N(Cc1ccc(OS(C)(=O)=O)cc1)C[C@@H]1CCCO1. The number of ether oxygens (including phenoxy) is 1. The highest BCUT2D eigenvalue weighted by Gasteiger charge is 2.22. The first-order chi connectivity index (χ1) is 12.4. The summed E-state index contributed by atoms with van der Waals surface area (Å²) in [6.45, 7) is 3.98. The van der Waals surface area contributed by atoms with Gasteiger partial charge < -0.3 is 13.8 Å². The molecule has 0 bridgehead atoms. The van der Waals surface area contributed by atoms with Crippen LogP contribution in [-0.4, -0.2) is 44.7 Å². The van der Waals surface area contributed by atoms with Crippen molar-refractivity contribution >= 4 is 16.0 Å². The molecule has 1 heterocycles. The molecule has 7 heteroatoms. The van der Waals surface area contributed by atoms with E-state index in [-0.39, 0.29) is 17.8 Å². The molecule has 146 valence electrons. The third kappa shape index (κ3) is 7.33. The quantitative estimate of drug-likeness (QED) is 0.458. The predicted molar refractivity (Wildman–Crippen MR) is 100 cm³/mol. The molecule has 1 aliphatic heterocycles. The van der Waals surface area contributed by atoms with Gasteiger partial charge >= 0.3 is 10.1 Å². The zero-order chi connectivity index (χ0) is 19.0. The van der Waals surface area contributed by atoms with Crippen LogP contribution in [-0.2, 0) is 26.2 Å². The van der Waals surface area contributed by atoms with Gasteiger partial charge in [-0.3, -0.25) is 4.79 Å². The maximum atomic E-state index is 12.6. The van der Waals surface area contributed by atoms with Crippen molar-refractivity contribution in [1.82, 2.24) is 4.90 Å². The van der Waals surface area contributed by atoms with Crippen molar-refractivity contribution in [1.29, 1.82) is 0 Å². The first-order valence-electron chi connectivity index (χ1n) is 9.25. The van der Waals surface area contributed by atoms with Crippen LogP contribution in [0.1, 0.15) is 51.0 Å². The molecule has 1 aromatic carbocycles. The molecule has 2 rings (SSSR count). The summed E-state index contributed by atoms with van der Waals surface area (Å²) in [5.74, 6) is 0.418. The van der Waals surface area contributed by atoms with E-state index < -0.39 is 10.1 Å². The number of carbonyl (C=O) groups is 1. The smallest absolute Gasteiger partial charge is 0.306 e. The number of benzene rings is 1. The Morgan fingerprint density at radius 2 is 2.00 bits per heavy atom. The van der Waals surface area contributed by atoms with Gasteiger partial charge in [0, 0.05) is 26.1 Å². The van der Waals surface area contributed by atoms with E-state index in [4.69, 9.17) is 8.92 Å². The fourth-order valence-electron chi connectivity index (χ4n) is 3.02. The van der Waals surface area contributed by atoms with Crippen LogP contribution in [0.2, 0.25) is 0 Å². The molecule has 0 spiro atoms. The highest BCUT2D eigenvalue weighted by molar-refractivity contribution is 7.86. The van der Waals surface area contributed by atoms with Gasteiger partial charge in [-0.2, -0.15) is 8.42 Å². The van der Waals surface area contributed by atoms with Crippen molar-refractivity contribution in [2.24, 2.45) is 0 Å². The molecule has 0 saturated carbocycles. The summed E-state index contributed by atoms with van der Waals surface area (Å²) in [6.07, 6.45) is 6.74. The zero-order valence-corrected chi connectivity index (χ0v) is 16.5. The average molecular weight is 384 g/mol. The molecule has 0 aromatic heterocycles. The maximum Gasteiger partial charge on any atom is 0.306 e. The summed E-state index contributed by atoms with van der Waals surface area (Å²) < 4.78 is 32.9. The number of hydrogen-bond donors (Lipinski definition) is 0. The minimum Gasteiger partial charge on any atom is -0.383 e. The number of amides is 1. The van der Waals surface area contributed by atoms with Crippen LogP contribution in [0, 0.1) is 0 Å². The van der Waals surface area contributed by atoms with Crippen LogP contribution >= 0.6 is 0 Å². The fraction of sp³-hybridized carbons (Fsp3) is 0.632. The van der Waals surface area contributed by atoms with Crippen LogP contribution < -0.4 is 4.18 Å². The highest BCUT2D eigenvalue weighted by Crippen LogP contribution is 2.19. The van der Waals surface area contributed by atoms with Crippen molar-refractivity contribution in [2.45, 2.75) is 58.1 Å². The Hall–Kier alpha value is -1.60. The summed E-state index contributed by atoms with van der Waals surface area (Å²) in [4.78, 5) is 14.5. The summed E-state index contributed by atoms with van der Waals surface area (Å²) in [7, 11) is -3.54. The van der Waals surface area contributed by atoms with Crippen molar-refractivity contribution in [3.8, 4) is 5.75 Å². The molecule has 0 radical (unpaired) electrons. The third-order valence-electron chi connectivity index (χ3n) is 4.34. The van der Waals surface area contributed by atoms with Crippen molar-refractivity contribution in [3.05, 3.63) is 29.8 Å². The Morgan fingerprint density at radius 1 is 1.27 bits per heavy atom. The molecule has 0 N–H and O–H groups in total. The Morgan fingerprint density at radius 3 is 2.58 bits per heavy atom. The largest absolute Gasteiger partial charge is 0.383 e. The lowest BCUT2D eigenvalue weighted by molar-refractivity contribution is -0.133. The first kappa shape index (κ1) is 20.7. The van der Waals surface area contributed by atoms with Gasteiger partial charge in [0.1, 0.15) is 5.75 Å². The molecule has 1 amide bonds. The van der Waals surface area contributed by atoms with Gasteiger partial charge in [0.25, 0.3) is 0 Å². The van der Waals surface area contributed by atoms with E-state index >= 15 is 0 Å². The number of carbonyl (C=O) groups excluding carboxylic acids is 1. The average Bonchev–Trinajstić information content (AvgIpc) is 3.08. The Kier molecular flexibility index (Phi) is 7.90. The normalized spacial score (nSPS) is 17.2. The molecule has 1 fully saturated rings. The molecule has 26 heavy (non-hydrogen) atoms. The van der Waals surface area contributed by atoms with Crippen molar-refractivity contribution in [3.63, 3.8) is 0 Å². The van der Waals surface area contributed by atoms with Gasteiger partial charge in [-0.05, 0) is 37.0 Å². The summed E-state index contributed by atoms with van der Waals surface area (Å²) in [6, 6.07) is 6.81. The van der Waals surface area contributed by atoms with E-state index in [1.807, 2.05) is 4.90 Å². The van der Waals surface area contributed by atoms with E-state index in [2.05, 4.69) is 6.92 Å². The highest BCUT2D eigenvalue weighted by atomic mass is 32.2. The molecule has 0 unspecified atom stereocenters. The minimum atomic E-state index is -3.54. The van der Waals surface area contributed by atoms with E-state index in [1.54, 1.807) is 24.3 Å². The second kappa shape index (κ2) is 9.92. The minimum absolute atomic E-state index is 0.109. The van der Waals surface area contributed by atoms with E-state index in [0.29, 0.717) is 19.5 Å². The zero-order valence-electron chi connectivity index (χ0n) is 15.6. The molecule has 1 atom stereocenters. The van der Waals surface area contributed by atoms with Crippen molar-refractivity contribution < 1.29 is 22.1 Å². The van der Waals surface area contributed by atoms with Gasteiger partial charge in [-0.25, -0.2) is 0 Å². The van der Waals surface area contributed by atoms with E-state index in [9.17, 15) is 13.2 Å². The molecule has 0 aliphatic carbocycles. The molecule has 1 saturated heterocycles. The monoisotopic (exact) mass is 383 g/mol. The number of hydrogen-bond acceptors (Lipinski definition) is 5. The standard InChI is InChI=1S/C19H29NO5S/c1-3-4-5-8-19(21)20(15-18-7-6-13-24-18)14-16-9-11-17(12-10-16)25-26(2,22)23/h9-12,18H,3-8,13-15H2,1-2H3/t18-/m0/s1. The van der Waals surface area contributed by atoms with Crippen LogP contribution in [0.3, 0.4) is 0 Å². The fourth-order valence-corrected chi connectivity index (χ4v) is 3.48. The van der Waals surface area contributed by atoms with Crippen LogP contribution in [0.5, 0.6) is 5.75 Å². The Balaban J connectivity index is 2.00. The van der Waals surface area contributed by atoms with Gasteiger partial charge in [0.15, 0.2) is 0 Å². The lowest BCUT2D eigenvalue weighted by atomic mass is 10.1. The second-order valence-corrected chi connectivity index (χ2v) is 8.37. The second-order valence-electron chi connectivity index (χ2n) is 6.80. The van der Waals surface area contributed by atoms with Gasteiger partial charge in [-0.15, -0.1) is 0 Å². The molecular formula is C19H29NO5S. The van der Waals surface area contributed by atoms with Crippen LogP contribution in [0.15, 0.2) is 24.3 Å². The molecule has 1 aliphatic rings. The third-order valence-corrected chi connectivity index (χ3v) is 4.83. The van der Waals surface area contributed by atoms with Crippen molar-refractivity contribution in [2.75, 3.05) is 19.4 Å². The number of rotatable bonds is 10. The lowest BCUT2D eigenvalue weighted by Gasteiger charge is -2.26. The van der Waals surface area contributed by atoms with Gasteiger partial charge in [0.05, 0.1) is 12.4 Å². The lowest BCUT2D eigenvalue weighted by Crippen LogP contribution is -2.36. The summed E-state index contributed by atoms with van der Waals surface area (Å²) >= 11 is 0. The maximum absolute atomic E-state index is 12.6. The predicted octanol–water partition coefficient (Wildman–Crippen LogP) is 3.11. The van der Waals surface area contributed by atoms with Gasteiger partial charge in [-0.1, -0.05) is 31.9 Å². The molecule has 6 nitrogen and oxygen atoms in total. The van der Waals surface area contributed by atoms with E-state index in [1.165, 1.54) is 0 Å². The Bertz CT molecular complexity index is 666. The summed E-state index contributed by atoms with van der Waals surface area (Å²) in [5, 5.41) is 0. The van der Waals surface area contributed by atoms with E-state index in [0.717, 1.165) is 50.5 Å². The molecular weight excluding hydrogens is 354 g/mol. The Labute approximate surface area is 156 Å².